The van der Waals surface area contributed by atoms with E-state index in [1.807, 2.05) is 11.1 Å². The number of hydrogen-bond donors (Lipinski definition) is 1. The fourth-order valence-corrected chi connectivity index (χ4v) is 5.11. The van der Waals surface area contributed by atoms with Crippen molar-refractivity contribution in [2.24, 2.45) is 0 Å². The van der Waals surface area contributed by atoms with Gasteiger partial charge in [0.25, 0.3) is 5.91 Å². The van der Waals surface area contributed by atoms with E-state index in [2.05, 4.69) is 27.0 Å². The number of methoxy groups -OCH3 is 2. The minimum Gasteiger partial charge on any atom is -0.493 e. The molecule has 0 bridgehead atoms. The quantitative estimate of drug-likeness (QED) is 0.806. The molecule has 2 aromatic rings. The van der Waals surface area contributed by atoms with Gasteiger partial charge in [0.2, 0.25) is 0 Å². The van der Waals surface area contributed by atoms with Crippen LogP contribution in [0.2, 0.25) is 0 Å². The number of amides is 1. The van der Waals surface area contributed by atoms with Crippen molar-refractivity contribution >= 4 is 5.91 Å². The second-order valence-electron chi connectivity index (χ2n) is 8.49. The summed E-state index contributed by atoms with van der Waals surface area (Å²) in [6, 6.07) is 4.13. The van der Waals surface area contributed by atoms with Crippen LogP contribution in [0.4, 0.5) is 0 Å². The van der Waals surface area contributed by atoms with E-state index in [1.165, 1.54) is 11.1 Å². The molecule has 8 nitrogen and oxygen atoms in total. The maximum absolute atomic E-state index is 13.2. The van der Waals surface area contributed by atoms with Gasteiger partial charge in [0.05, 0.1) is 26.4 Å². The average Bonchev–Trinajstić information content (AvgIpc) is 3.09. The molecule has 3 aliphatic heterocycles. The molecular formula is C23H30N4O4. The fourth-order valence-electron chi connectivity index (χ4n) is 5.11. The summed E-state index contributed by atoms with van der Waals surface area (Å²) in [6.45, 7) is 4.65. The van der Waals surface area contributed by atoms with Crippen molar-refractivity contribution in [2.75, 3.05) is 47.0 Å². The lowest BCUT2D eigenvalue weighted by molar-refractivity contribution is -0.0936. The summed E-state index contributed by atoms with van der Waals surface area (Å²) in [7, 11) is 3.32. The molecule has 0 radical (unpaired) electrons. The molecule has 5 rings (SSSR count). The van der Waals surface area contributed by atoms with Crippen LogP contribution in [0.1, 0.15) is 40.3 Å². The second-order valence-corrected chi connectivity index (χ2v) is 8.49. The monoisotopic (exact) mass is 426 g/mol. The van der Waals surface area contributed by atoms with E-state index in [0.717, 1.165) is 62.6 Å². The van der Waals surface area contributed by atoms with Crippen LogP contribution in [0.15, 0.2) is 18.3 Å². The third kappa shape index (κ3) is 3.57. The maximum Gasteiger partial charge on any atom is 0.274 e. The van der Waals surface area contributed by atoms with Crippen molar-refractivity contribution in [3.8, 4) is 11.5 Å². The predicted octanol–water partition coefficient (Wildman–Crippen LogP) is 1.75. The van der Waals surface area contributed by atoms with Gasteiger partial charge in [-0.05, 0) is 42.5 Å². The maximum atomic E-state index is 13.2. The first-order valence-corrected chi connectivity index (χ1v) is 11.1. The van der Waals surface area contributed by atoms with E-state index < -0.39 is 0 Å². The molecule has 1 spiro atoms. The Bertz CT molecular complexity index is 955. The Morgan fingerprint density at radius 3 is 2.65 bits per heavy atom. The molecule has 3 aliphatic rings. The smallest absolute Gasteiger partial charge is 0.274 e. The zero-order valence-corrected chi connectivity index (χ0v) is 18.3. The molecule has 1 aromatic carbocycles. The highest BCUT2D eigenvalue weighted by atomic mass is 16.5. The molecule has 0 aliphatic carbocycles. The number of hydrogen-bond acceptors (Lipinski definition) is 6. The molecule has 31 heavy (non-hydrogen) atoms. The summed E-state index contributed by atoms with van der Waals surface area (Å²) in [4.78, 5) is 19.7. The van der Waals surface area contributed by atoms with Crippen molar-refractivity contribution < 1.29 is 19.0 Å². The largest absolute Gasteiger partial charge is 0.493 e. The van der Waals surface area contributed by atoms with Crippen molar-refractivity contribution in [1.29, 1.82) is 0 Å². The Hall–Kier alpha value is -2.58. The number of ether oxygens (including phenoxy) is 3. The van der Waals surface area contributed by atoms with Gasteiger partial charge in [0, 0.05) is 45.3 Å². The Morgan fingerprint density at radius 1 is 1.10 bits per heavy atom. The summed E-state index contributed by atoms with van der Waals surface area (Å²) < 4.78 is 19.5. The SMILES string of the molecule is COc1cc2c(cc1OC)C1(CCN(C(=O)c3cn4c(n3)CCNCC4)CC1)OCC2. The van der Waals surface area contributed by atoms with Crippen LogP contribution < -0.4 is 14.8 Å². The van der Waals surface area contributed by atoms with Gasteiger partial charge in [-0.15, -0.1) is 0 Å². The number of nitrogens with zero attached hydrogens (tertiary/aromatic N) is 3. The molecule has 1 amide bonds. The van der Waals surface area contributed by atoms with Crippen LogP contribution in [0.25, 0.3) is 0 Å². The number of carbonyl (C=O) groups is 1. The van der Waals surface area contributed by atoms with E-state index in [9.17, 15) is 4.79 Å². The molecule has 0 saturated carbocycles. The molecule has 1 fully saturated rings. The first-order valence-electron chi connectivity index (χ1n) is 11.1. The van der Waals surface area contributed by atoms with Crippen LogP contribution >= 0.6 is 0 Å². The lowest BCUT2D eigenvalue weighted by Gasteiger charge is -2.45. The zero-order valence-electron chi connectivity index (χ0n) is 18.3. The molecule has 1 aromatic heterocycles. The fraction of sp³-hybridized carbons (Fsp3) is 0.565. The van der Waals surface area contributed by atoms with Crippen molar-refractivity contribution in [1.82, 2.24) is 19.8 Å². The number of piperidine rings is 1. The summed E-state index contributed by atoms with van der Waals surface area (Å²) in [5, 5.41) is 3.36. The van der Waals surface area contributed by atoms with Crippen LogP contribution in [-0.2, 0) is 29.7 Å². The standard InChI is InChI=1S/C23H30N4O4/c1-29-19-13-16-4-12-31-23(17(16)14-20(19)30-2)5-9-26(10-6-23)22(28)18-15-27-11-8-24-7-3-21(27)25-18/h13-15,24H,3-12H2,1-2H3. The summed E-state index contributed by atoms with van der Waals surface area (Å²) in [5.41, 5.74) is 2.60. The number of nitrogens with one attached hydrogen (secondary N) is 1. The number of fused-ring (bicyclic) bond motifs is 3. The van der Waals surface area contributed by atoms with E-state index in [-0.39, 0.29) is 11.5 Å². The van der Waals surface area contributed by atoms with Gasteiger partial charge in [-0.2, -0.15) is 0 Å². The Labute approximate surface area is 182 Å². The van der Waals surface area contributed by atoms with Crippen molar-refractivity contribution in [3.05, 3.63) is 41.0 Å². The molecule has 0 atom stereocenters. The zero-order chi connectivity index (χ0) is 21.4. The van der Waals surface area contributed by atoms with E-state index in [0.29, 0.717) is 25.4 Å². The second kappa shape index (κ2) is 8.16. The Kier molecular flexibility index (Phi) is 5.35. The third-order valence-electron chi connectivity index (χ3n) is 6.84. The summed E-state index contributed by atoms with van der Waals surface area (Å²) in [6.07, 6.45) is 5.15. The van der Waals surface area contributed by atoms with Crippen LogP contribution in [0.5, 0.6) is 11.5 Å². The van der Waals surface area contributed by atoms with Gasteiger partial charge in [0.1, 0.15) is 11.5 Å². The third-order valence-corrected chi connectivity index (χ3v) is 6.84. The van der Waals surface area contributed by atoms with E-state index in [1.54, 1.807) is 14.2 Å². The van der Waals surface area contributed by atoms with Crippen LogP contribution in [-0.4, -0.2) is 67.4 Å². The topological polar surface area (TPSA) is 77.9 Å². The average molecular weight is 427 g/mol. The lowest BCUT2D eigenvalue weighted by Crippen LogP contribution is -2.48. The molecular weight excluding hydrogens is 396 g/mol. The molecule has 4 heterocycles. The van der Waals surface area contributed by atoms with Crippen molar-refractivity contribution in [3.63, 3.8) is 0 Å². The Balaban J connectivity index is 1.34. The molecule has 1 N–H and O–H groups in total. The highest BCUT2D eigenvalue weighted by Crippen LogP contribution is 2.45. The number of imidazole rings is 1. The first kappa shape index (κ1) is 20.3. The first-order chi connectivity index (χ1) is 15.1. The number of rotatable bonds is 3. The van der Waals surface area contributed by atoms with Gasteiger partial charge < -0.3 is 29.0 Å². The van der Waals surface area contributed by atoms with Gasteiger partial charge in [-0.3, -0.25) is 4.79 Å². The van der Waals surface area contributed by atoms with Crippen LogP contribution in [0, 0.1) is 0 Å². The molecule has 8 heteroatoms. The van der Waals surface area contributed by atoms with Gasteiger partial charge in [0.15, 0.2) is 11.5 Å². The number of carbonyl (C=O) groups excluding carboxylic acids is 1. The lowest BCUT2D eigenvalue weighted by atomic mass is 9.79. The Morgan fingerprint density at radius 2 is 1.87 bits per heavy atom. The normalized spacial score (nSPS) is 20.0. The van der Waals surface area contributed by atoms with Crippen LogP contribution in [0.3, 0.4) is 0 Å². The van der Waals surface area contributed by atoms with E-state index >= 15 is 0 Å². The molecule has 0 unspecified atom stereocenters. The van der Waals surface area contributed by atoms with Gasteiger partial charge in [-0.1, -0.05) is 0 Å². The highest BCUT2D eigenvalue weighted by Gasteiger charge is 2.42. The highest BCUT2D eigenvalue weighted by molar-refractivity contribution is 5.92. The minimum atomic E-state index is -0.374. The molecule has 1 saturated heterocycles. The number of aromatic nitrogens is 2. The summed E-state index contributed by atoms with van der Waals surface area (Å²) in [5.74, 6) is 2.48. The summed E-state index contributed by atoms with van der Waals surface area (Å²) >= 11 is 0. The number of benzene rings is 1. The van der Waals surface area contributed by atoms with Gasteiger partial charge in [-0.25, -0.2) is 4.98 Å². The van der Waals surface area contributed by atoms with Crippen molar-refractivity contribution in [2.45, 2.75) is 37.8 Å². The number of likely N-dealkylation sites (tertiary alicyclic amines) is 1. The van der Waals surface area contributed by atoms with Gasteiger partial charge >= 0.3 is 0 Å². The minimum absolute atomic E-state index is 0.0201. The molecule has 166 valence electrons. The van der Waals surface area contributed by atoms with E-state index in [4.69, 9.17) is 14.2 Å². The predicted molar refractivity (Wildman–Crippen MR) is 115 cm³/mol.